The van der Waals surface area contributed by atoms with Crippen LogP contribution in [0.25, 0.3) is 0 Å². The first kappa shape index (κ1) is 12.7. The van der Waals surface area contributed by atoms with Gasteiger partial charge in [-0.2, -0.15) is 0 Å². The van der Waals surface area contributed by atoms with Crippen molar-refractivity contribution in [2.24, 2.45) is 28.1 Å². The van der Waals surface area contributed by atoms with Crippen LogP contribution in [0, 0.1) is 28.1 Å². The molecular formula is C17H28O. The Morgan fingerprint density at radius 2 is 1.72 bits per heavy atom. The molecule has 1 heteroatoms. The summed E-state index contributed by atoms with van der Waals surface area (Å²) in [5.41, 5.74) is 0.697. The molecule has 0 spiro atoms. The average molecular weight is 248 g/mol. The van der Waals surface area contributed by atoms with E-state index >= 15 is 0 Å². The third-order valence-corrected chi connectivity index (χ3v) is 7.34. The quantitative estimate of drug-likeness (QED) is 0.612. The molecule has 0 unspecified atom stereocenters. The van der Waals surface area contributed by atoms with Gasteiger partial charge in [0, 0.05) is 11.8 Å². The predicted octanol–water partition coefficient (Wildman–Crippen LogP) is 4.60. The van der Waals surface area contributed by atoms with Gasteiger partial charge in [-0.05, 0) is 54.8 Å². The first-order valence-corrected chi connectivity index (χ1v) is 7.86. The van der Waals surface area contributed by atoms with Gasteiger partial charge in [0.1, 0.15) is 5.78 Å². The lowest BCUT2D eigenvalue weighted by molar-refractivity contribution is -0.162. The Balaban J connectivity index is 2.08. The van der Waals surface area contributed by atoms with Gasteiger partial charge in [-0.25, -0.2) is 0 Å². The topological polar surface area (TPSA) is 17.1 Å². The SMILES string of the molecule is CC1(C)CCC[C@@]2(C)[C@H]1CC[C@H]1CCC(=O)[C@@]12C. The number of hydrogen-bond acceptors (Lipinski definition) is 1. The minimum Gasteiger partial charge on any atom is -0.299 e. The van der Waals surface area contributed by atoms with Crippen molar-refractivity contribution < 1.29 is 4.79 Å². The summed E-state index contributed by atoms with van der Waals surface area (Å²) in [6, 6.07) is 0. The van der Waals surface area contributed by atoms with E-state index in [1.807, 2.05) is 0 Å². The zero-order valence-corrected chi connectivity index (χ0v) is 12.5. The van der Waals surface area contributed by atoms with Crippen LogP contribution in [0.4, 0.5) is 0 Å². The summed E-state index contributed by atoms with van der Waals surface area (Å²) >= 11 is 0. The molecule has 3 fully saturated rings. The lowest BCUT2D eigenvalue weighted by Crippen LogP contribution is -2.58. The number of ketones is 1. The van der Waals surface area contributed by atoms with Gasteiger partial charge < -0.3 is 0 Å². The fourth-order valence-corrected chi connectivity index (χ4v) is 6.12. The third-order valence-electron chi connectivity index (χ3n) is 7.34. The van der Waals surface area contributed by atoms with E-state index in [0.717, 1.165) is 18.8 Å². The third kappa shape index (κ3) is 1.31. The fourth-order valence-electron chi connectivity index (χ4n) is 6.12. The van der Waals surface area contributed by atoms with Crippen molar-refractivity contribution in [3.8, 4) is 0 Å². The predicted molar refractivity (Wildman–Crippen MR) is 74.3 cm³/mol. The number of hydrogen-bond donors (Lipinski definition) is 0. The van der Waals surface area contributed by atoms with Gasteiger partial charge in [0.15, 0.2) is 0 Å². The summed E-state index contributed by atoms with van der Waals surface area (Å²) in [6.45, 7) is 9.66. The molecule has 18 heavy (non-hydrogen) atoms. The molecule has 0 heterocycles. The number of carbonyl (C=O) groups excluding carboxylic acids is 1. The fraction of sp³-hybridized carbons (Fsp3) is 0.941. The van der Waals surface area contributed by atoms with E-state index in [2.05, 4.69) is 27.7 Å². The Morgan fingerprint density at radius 3 is 2.44 bits per heavy atom. The molecule has 0 aliphatic heterocycles. The van der Waals surface area contributed by atoms with Crippen LogP contribution < -0.4 is 0 Å². The largest absolute Gasteiger partial charge is 0.299 e. The first-order valence-electron chi connectivity index (χ1n) is 7.86. The van der Waals surface area contributed by atoms with Crippen LogP contribution in [0.3, 0.4) is 0 Å². The highest BCUT2D eigenvalue weighted by Gasteiger charge is 2.64. The van der Waals surface area contributed by atoms with Crippen molar-refractivity contribution >= 4 is 5.78 Å². The molecule has 0 amide bonds. The van der Waals surface area contributed by atoms with Gasteiger partial charge in [-0.3, -0.25) is 4.79 Å². The maximum absolute atomic E-state index is 12.6. The Labute approximate surface area is 112 Å². The second-order valence-electron chi connectivity index (χ2n) is 8.25. The van der Waals surface area contributed by atoms with Crippen molar-refractivity contribution in [3.05, 3.63) is 0 Å². The highest BCUT2D eigenvalue weighted by atomic mass is 16.1. The smallest absolute Gasteiger partial charge is 0.139 e. The van der Waals surface area contributed by atoms with Crippen LogP contribution in [0.15, 0.2) is 0 Å². The van der Waals surface area contributed by atoms with Crippen LogP contribution in [-0.4, -0.2) is 5.78 Å². The highest BCUT2D eigenvalue weighted by molar-refractivity contribution is 5.88. The van der Waals surface area contributed by atoms with Crippen LogP contribution in [0.5, 0.6) is 0 Å². The second-order valence-corrected chi connectivity index (χ2v) is 8.25. The van der Waals surface area contributed by atoms with Crippen LogP contribution >= 0.6 is 0 Å². The minimum absolute atomic E-state index is 0.00634. The molecule has 1 nitrogen and oxygen atoms in total. The number of carbonyl (C=O) groups is 1. The molecule has 0 bridgehead atoms. The summed E-state index contributed by atoms with van der Waals surface area (Å²) in [6.07, 6.45) is 8.61. The zero-order chi connectivity index (χ0) is 13.2. The molecule has 102 valence electrons. The lowest BCUT2D eigenvalue weighted by Gasteiger charge is -2.62. The Hall–Kier alpha value is -0.330. The lowest BCUT2D eigenvalue weighted by atomic mass is 9.41. The molecule has 3 rings (SSSR count). The zero-order valence-electron chi connectivity index (χ0n) is 12.5. The van der Waals surface area contributed by atoms with Gasteiger partial charge in [0.05, 0.1) is 0 Å². The molecule has 0 radical (unpaired) electrons. The van der Waals surface area contributed by atoms with Gasteiger partial charge in [0.25, 0.3) is 0 Å². The molecule has 3 aliphatic carbocycles. The van der Waals surface area contributed by atoms with E-state index < -0.39 is 0 Å². The van der Waals surface area contributed by atoms with Gasteiger partial charge >= 0.3 is 0 Å². The summed E-state index contributed by atoms with van der Waals surface area (Å²) < 4.78 is 0. The van der Waals surface area contributed by atoms with Crippen molar-refractivity contribution in [2.45, 2.75) is 72.6 Å². The average Bonchev–Trinajstić information content (AvgIpc) is 2.57. The molecule has 0 aromatic carbocycles. The van der Waals surface area contributed by atoms with Gasteiger partial charge in [-0.15, -0.1) is 0 Å². The van der Waals surface area contributed by atoms with Crippen molar-refractivity contribution in [1.82, 2.24) is 0 Å². The Morgan fingerprint density at radius 1 is 1.00 bits per heavy atom. The molecule has 0 N–H and O–H groups in total. The van der Waals surface area contributed by atoms with E-state index in [-0.39, 0.29) is 10.8 Å². The Kier molecular flexibility index (Phi) is 2.55. The Bertz CT molecular complexity index is 383. The number of Topliss-reactive ketones (excluding diaryl/α,β-unsaturated/α-hetero) is 1. The second kappa shape index (κ2) is 3.61. The summed E-state index contributed by atoms with van der Waals surface area (Å²) in [5, 5.41) is 0. The van der Waals surface area contributed by atoms with E-state index in [1.54, 1.807) is 0 Å². The maximum atomic E-state index is 12.6. The summed E-state index contributed by atoms with van der Waals surface area (Å²) in [7, 11) is 0. The van der Waals surface area contributed by atoms with E-state index in [1.165, 1.54) is 32.1 Å². The van der Waals surface area contributed by atoms with E-state index in [9.17, 15) is 4.79 Å². The van der Waals surface area contributed by atoms with Crippen LogP contribution in [0.2, 0.25) is 0 Å². The first-order chi connectivity index (χ1) is 8.32. The monoisotopic (exact) mass is 248 g/mol. The molecular weight excluding hydrogens is 220 g/mol. The van der Waals surface area contributed by atoms with Crippen molar-refractivity contribution in [3.63, 3.8) is 0 Å². The summed E-state index contributed by atoms with van der Waals surface area (Å²) in [5.74, 6) is 2.01. The summed E-state index contributed by atoms with van der Waals surface area (Å²) in [4.78, 5) is 12.6. The molecule has 0 saturated heterocycles. The minimum atomic E-state index is -0.00634. The number of rotatable bonds is 0. The standard InChI is InChI=1S/C17H28O/c1-15(2)10-5-11-16(3)13(15)8-6-12-7-9-14(18)17(12,16)4/h12-13H,5-11H2,1-4H3/t12-,13-,16-,17+/m0/s1. The molecule has 0 aromatic rings. The van der Waals surface area contributed by atoms with Gasteiger partial charge in [-0.1, -0.05) is 34.1 Å². The molecule has 3 aliphatic rings. The van der Waals surface area contributed by atoms with E-state index in [4.69, 9.17) is 0 Å². The van der Waals surface area contributed by atoms with Crippen LogP contribution in [-0.2, 0) is 4.79 Å². The molecule has 3 saturated carbocycles. The normalized spacial score (nSPS) is 50.8. The van der Waals surface area contributed by atoms with Crippen molar-refractivity contribution in [2.75, 3.05) is 0 Å². The van der Waals surface area contributed by atoms with Gasteiger partial charge in [0.2, 0.25) is 0 Å². The van der Waals surface area contributed by atoms with E-state index in [0.29, 0.717) is 17.1 Å². The maximum Gasteiger partial charge on any atom is 0.139 e. The van der Waals surface area contributed by atoms with Crippen LogP contribution in [0.1, 0.15) is 72.6 Å². The number of fused-ring (bicyclic) bond motifs is 3. The molecule has 4 atom stereocenters. The highest BCUT2D eigenvalue weighted by Crippen LogP contribution is 2.68. The molecule has 0 aromatic heterocycles. The van der Waals surface area contributed by atoms with Crippen molar-refractivity contribution in [1.29, 1.82) is 0 Å².